The van der Waals surface area contributed by atoms with Crippen molar-refractivity contribution in [3.05, 3.63) is 57.5 Å². The number of nitrogens with zero attached hydrogens (tertiary/aromatic N) is 2. The molecule has 2 amide bonds. The van der Waals surface area contributed by atoms with Crippen LogP contribution in [0.25, 0.3) is 0 Å². The highest BCUT2D eigenvalue weighted by Crippen LogP contribution is 2.22. The molecule has 6 heteroatoms. The molecule has 4 nitrogen and oxygen atoms in total. The number of halogens is 1. The van der Waals surface area contributed by atoms with E-state index in [9.17, 15) is 14.0 Å². The zero-order chi connectivity index (χ0) is 22.3. The third-order valence-electron chi connectivity index (χ3n) is 4.80. The third kappa shape index (κ3) is 7.56. The summed E-state index contributed by atoms with van der Waals surface area (Å²) in [5, 5.41) is 2.02. The van der Waals surface area contributed by atoms with Gasteiger partial charge in [0.15, 0.2) is 0 Å². The molecule has 0 unspecified atom stereocenters. The molecule has 0 fully saturated rings. The lowest BCUT2D eigenvalue weighted by molar-refractivity contribution is -0.142. The maximum Gasteiger partial charge on any atom is 0.242 e. The second-order valence-electron chi connectivity index (χ2n) is 8.96. The Labute approximate surface area is 183 Å². The number of carbonyl (C=O) groups excluding carboxylic acids is 2. The molecule has 0 spiro atoms. The first-order chi connectivity index (χ1) is 14.1. The molecular formula is C24H33FN2O2S. The fourth-order valence-corrected chi connectivity index (χ4v) is 4.09. The first kappa shape index (κ1) is 24.1. The minimum absolute atomic E-state index is 0.00624. The molecule has 0 saturated carbocycles. The minimum Gasteiger partial charge on any atom is -0.333 e. The summed E-state index contributed by atoms with van der Waals surface area (Å²) in [5.41, 5.74) is 1.88. The summed E-state index contributed by atoms with van der Waals surface area (Å²) < 4.78 is 13.3. The van der Waals surface area contributed by atoms with Crippen molar-refractivity contribution in [2.24, 2.45) is 5.41 Å². The van der Waals surface area contributed by atoms with Crippen LogP contribution in [0.1, 0.15) is 56.5 Å². The zero-order valence-electron chi connectivity index (χ0n) is 18.7. The van der Waals surface area contributed by atoms with Gasteiger partial charge in [0.25, 0.3) is 0 Å². The molecule has 0 aliphatic rings. The number of rotatable bonds is 9. The second-order valence-corrected chi connectivity index (χ2v) is 9.96. The molecule has 2 aromatic rings. The Kier molecular flexibility index (Phi) is 8.59. The van der Waals surface area contributed by atoms with Gasteiger partial charge in [0.1, 0.15) is 5.82 Å². The first-order valence-electron chi connectivity index (χ1n) is 10.4. The van der Waals surface area contributed by atoms with Crippen LogP contribution in [-0.4, -0.2) is 34.7 Å². The summed E-state index contributed by atoms with van der Waals surface area (Å²) in [6, 6.07) is 8.25. The van der Waals surface area contributed by atoms with Gasteiger partial charge < -0.3 is 9.80 Å². The summed E-state index contributed by atoms with van der Waals surface area (Å²) in [4.78, 5) is 30.6. The van der Waals surface area contributed by atoms with E-state index in [0.717, 1.165) is 22.4 Å². The van der Waals surface area contributed by atoms with E-state index in [0.29, 0.717) is 26.1 Å². The highest BCUT2D eigenvalue weighted by atomic mass is 32.1. The van der Waals surface area contributed by atoms with Gasteiger partial charge in [-0.25, -0.2) is 4.39 Å². The largest absolute Gasteiger partial charge is 0.333 e. The molecule has 1 aromatic heterocycles. The maximum atomic E-state index is 13.3. The number of aryl methyl sites for hydroxylation is 1. The standard InChI is InChI=1S/C24H33FN2O2S/c1-6-12-26(22(28)14-24(3,4)5)17-23(29)27(16-21-18(2)11-13-30-21)15-19-7-9-20(25)10-8-19/h7-11,13H,6,12,14-17H2,1-5H3. The molecule has 0 radical (unpaired) electrons. The minimum atomic E-state index is -0.298. The van der Waals surface area contributed by atoms with Crippen molar-refractivity contribution in [2.75, 3.05) is 13.1 Å². The lowest BCUT2D eigenvalue weighted by atomic mass is 9.91. The van der Waals surface area contributed by atoms with Crippen LogP contribution in [0, 0.1) is 18.2 Å². The Morgan fingerprint density at radius 1 is 1.00 bits per heavy atom. The SMILES string of the molecule is CCCN(CC(=O)N(Cc1ccc(F)cc1)Cc1sccc1C)C(=O)CC(C)(C)C. The van der Waals surface area contributed by atoms with E-state index < -0.39 is 0 Å². The summed E-state index contributed by atoms with van der Waals surface area (Å²) in [7, 11) is 0. The normalized spacial score (nSPS) is 11.4. The smallest absolute Gasteiger partial charge is 0.242 e. The predicted molar refractivity (Wildman–Crippen MR) is 121 cm³/mol. The molecule has 0 bridgehead atoms. The maximum absolute atomic E-state index is 13.3. The van der Waals surface area contributed by atoms with Crippen LogP contribution in [0.5, 0.6) is 0 Å². The molecule has 0 saturated heterocycles. The van der Waals surface area contributed by atoms with Crippen LogP contribution in [0.2, 0.25) is 0 Å². The Hall–Kier alpha value is -2.21. The van der Waals surface area contributed by atoms with Gasteiger partial charge in [-0.2, -0.15) is 0 Å². The average Bonchev–Trinajstić information content (AvgIpc) is 3.05. The van der Waals surface area contributed by atoms with E-state index in [1.54, 1.807) is 33.3 Å². The van der Waals surface area contributed by atoms with Crippen LogP contribution in [0.4, 0.5) is 4.39 Å². The molecule has 0 aliphatic heterocycles. The lowest BCUT2D eigenvalue weighted by Gasteiger charge is -2.29. The van der Waals surface area contributed by atoms with Crippen LogP contribution in [0.3, 0.4) is 0 Å². The Bertz CT molecular complexity index is 840. The molecule has 2 rings (SSSR count). The van der Waals surface area contributed by atoms with Gasteiger partial charge in [0, 0.05) is 24.4 Å². The van der Waals surface area contributed by atoms with Crippen molar-refractivity contribution in [1.82, 2.24) is 9.80 Å². The molecule has 0 atom stereocenters. The molecule has 0 N–H and O–H groups in total. The van der Waals surface area contributed by atoms with E-state index >= 15 is 0 Å². The number of benzene rings is 1. The summed E-state index contributed by atoms with van der Waals surface area (Å²) in [6.45, 7) is 11.6. The number of hydrogen-bond acceptors (Lipinski definition) is 3. The van der Waals surface area contributed by atoms with Crippen molar-refractivity contribution >= 4 is 23.2 Å². The van der Waals surface area contributed by atoms with Crippen molar-refractivity contribution in [3.8, 4) is 0 Å². The van der Waals surface area contributed by atoms with E-state index in [1.165, 1.54) is 12.1 Å². The van der Waals surface area contributed by atoms with Gasteiger partial charge in [0.2, 0.25) is 11.8 Å². The quantitative estimate of drug-likeness (QED) is 0.532. The number of carbonyl (C=O) groups is 2. The topological polar surface area (TPSA) is 40.6 Å². The Balaban J connectivity index is 2.19. The molecule has 164 valence electrons. The van der Waals surface area contributed by atoms with Gasteiger partial charge in [-0.15, -0.1) is 11.3 Å². The van der Waals surface area contributed by atoms with Crippen LogP contribution >= 0.6 is 11.3 Å². The van der Waals surface area contributed by atoms with Crippen molar-refractivity contribution in [1.29, 1.82) is 0 Å². The van der Waals surface area contributed by atoms with Crippen molar-refractivity contribution in [2.45, 2.75) is 60.5 Å². The number of thiophene rings is 1. The van der Waals surface area contributed by atoms with Gasteiger partial charge in [0.05, 0.1) is 13.1 Å². The Morgan fingerprint density at radius 3 is 2.20 bits per heavy atom. The van der Waals surface area contributed by atoms with Crippen LogP contribution < -0.4 is 0 Å². The summed E-state index contributed by atoms with van der Waals surface area (Å²) in [5.74, 6) is -0.387. The van der Waals surface area contributed by atoms with Gasteiger partial charge in [-0.3, -0.25) is 9.59 Å². The predicted octanol–water partition coefficient (Wildman–Crippen LogP) is 5.40. The van der Waals surface area contributed by atoms with Crippen molar-refractivity contribution in [3.63, 3.8) is 0 Å². The average molecular weight is 433 g/mol. The number of amides is 2. The Morgan fingerprint density at radius 2 is 1.67 bits per heavy atom. The molecule has 1 heterocycles. The van der Waals surface area contributed by atoms with Crippen LogP contribution in [0.15, 0.2) is 35.7 Å². The molecule has 1 aromatic carbocycles. The highest BCUT2D eigenvalue weighted by molar-refractivity contribution is 7.10. The van der Waals surface area contributed by atoms with Crippen molar-refractivity contribution < 1.29 is 14.0 Å². The van der Waals surface area contributed by atoms with Gasteiger partial charge in [-0.1, -0.05) is 39.8 Å². The summed E-state index contributed by atoms with van der Waals surface area (Å²) >= 11 is 1.62. The van der Waals surface area contributed by atoms with Crippen LogP contribution in [-0.2, 0) is 22.7 Å². The zero-order valence-corrected chi connectivity index (χ0v) is 19.5. The molecule has 30 heavy (non-hydrogen) atoms. The van der Waals surface area contributed by atoms with Gasteiger partial charge in [-0.05, 0) is 53.5 Å². The first-order valence-corrected chi connectivity index (χ1v) is 11.3. The number of hydrogen-bond donors (Lipinski definition) is 0. The fraction of sp³-hybridized carbons (Fsp3) is 0.500. The van der Waals surface area contributed by atoms with E-state index in [-0.39, 0.29) is 29.6 Å². The van der Waals surface area contributed by atoms with Gasteiger partial charge >= 0.3 is 0 Å². The summed E-state index contributed by atoms with van der Waals surface area (Å²) in [6.07, 6.45) is 1.20. The highest BCUT2D eigenvalue weighted by Gasteiger charge is 2.25. The molecular weight excluding hydrogens is 399 g/mol. The van der Waals surface area contributed by atoms with E-state index in [4.69, 9.17) is 0 Å². The lowest BCUT2D eigenvalue weighted by Crippen LogP contribution is -2.43. The second kappa shape index (κ2) is 10.7. The molecule has 0 aliphatic carbocycles. The van der Waals surface area contributed by atoms with E-state index in [1.807, 2.05) is 46.1 Å². The third-order valence-corrected chi connectivity index (χ3v) is 5.80. The monoisotopic (exact) mass is 432 g/mol. The van der Waals surface area contributed by atoms with E-state index in [2.05, 4.69) is 0 Å². The fourth-order valence-electron chi connectivity index (χ4n) is 3.17.